The molecule has 0 aromatic heterocycles. The van der Waals surface area contributed by atoms with Crippen LogP contribution >= 0.6 is 0 Å². The van der Waals surface area contributed by atoms with E-state index in [0.717, 1.165) is 30.7 Å². The summed E-state index contributed by atoms with van der Waals surface area (Å²) in [7, 11) is -4.85. The molecule has 0 radical (unpaired) electrons. The van der Waals surface area contributed by atoms with Crippen molar-refractivity contribution < 1.29 is 70.4 Å². The maximum absolute atomic E-state index is 12.7. The third-order valence-corrected chi connectivity index (χ3v) is 13.0. The average molecular weight is 901 g/mol. The van der Waals surface area contributed by atoms with Crippen LogP contribution in [0, 0.1) is 0 Å². The molecule has 4 unspecified atom stereocenters. The summed E-state index contributed by atoms with van der Waals surface area (Å²) in [4.78, 5) is 92.4. The molecule has 8 amide bonds. The summed E-state index contributed by atoms with van der Waals surface area (Å²) in [5.74, 6) is -0.883. The number of hydrogen-bond donors (Lipinski definition) is 4. The van der Waals surface area contributed by atoms with Gasteiger partial charge in [-0.1, -0.05) is 0 Å². The molecule has 8 bridgehead atoms. The molecule has 4 N–H and O–H groups in total. The molecule has 8 fully saturated rings. The first kappa shape index (κ1) is 45.8. The van der Waals surface area contributed by atoms with Crippen molar-refractivity contribution in [1.82, 2.24) is 40.7 Å². The monoisotopic (exact) mass is 900 g/mol. The zero-order chi connectivity index (χ0) is 45.1. The topological polar surface area (TPSA) is 267 Å². The van der Waals surface area contributed by atoms with E-state index in [9.17, 15) is 42.4 Å². The SMILES string of the molecule is CC(C)(C)OC(=O)N1C2CCC1CC(ONC(=O)[C@@H]1CC[C@@H]3CN1C(=O)N3O)C2.CC(C)(C)OC(=O)N1C2CCC1CC(ONC(=O)[C@@H]1CC[C@@H]3CN1C(=O)N3OS(=O)(=O)O)C2. The molecule has 8 aliphatic rings. The maximum atomic E-state index is 12.7. The zero-order valence-corrected chi connectivity index (χ0v) is 36.8. The van der Waals surface area contributed by atoms with Gasteiger partial charge in [0.15, 0.2) is 0 Å². The number of piperidine rings is 4. The molecule has 62 heavy (non-hydrogen) atoms. The molecule has 8 rings (SSSR count). The summed E-state index contributed by atoms with van der Waals surface area (Å²) in [6.07, 6.45) is 6.46. The Morgan fingerprint density at radius 3 is 1.37 bits per heavy atom. The fourth-order valence-corrected chi connectivity index (χ4v) is 10.5. The van der Waals surface area contributed by atoms with E-state index in [1.54, 1.807) is 4.90 Å². The first-order valence-corrected chi connectivity index (χ1v) is 22.8. The number of nitrogens with one attached hydrogen (secondary N) is 2. The normalized spacial score (nSPS) is 32.7. The van der Waals surface area contributed by atoms with Crippen molar-refractivity contribution in [1.29, 1.82) is 0 Å². The van der Waals surface area contributed by atoms with E-state index in [1.807, 2.05) is 46.4 Å². The molecule has 8 saturated heterocycles. The molecule has 24 heteroatoms. The van der Waals surface area contributed by atoms with E-state index in [1.165, 1.54) is 9.80 Å². The predicted molar refractivity (Wildman–Crippen MR) is 210 cm³/mol. The van der Waals surface area contributed by atoms with Gasteiger partial charge in [-0.15, -0.1) is 4.28 Å². The van der Waals surface area contributed by atoms with E-state index in [0.29, 0.717) is 63.0 Å². The third-order valence-electron chi connectivity index (χ3n) is 12.7. The fourth-order valence-electron chi connectivity index (χ4n) is 10.1. The second kappa shape index (κ2) is 17.4. The van der Waals surface area contributed by atoms with E-state index < -0.39 is 57.7 Å². The minimum Gasteiger partial charge on any atom is -0.444 e. The second-order valence-corrected chi connectivity index (χ2v) is 20.4. The lowest BCUT2D eigenvalue weighted by Crippen LogP contribution is -2.53. The number of carbonyl (C=O) groups excluding carboxylic acids is 6. The minimum atomic E-state index is -4.85. The van der Waals surface area contributed by atoms with Crippen LogP contribution in [0.4, 0.5) is 19.2 Å². The maximum Gasteiger partial charge on any atom is 0.418 e. The first-order valence-electron chi connectivity index (χ1n) is 21.5. The van der Waals surface area contributed by atoms with Crippen molar-refractivity contribution in [3.63, 3.8) is 0 Å². The number of hydroxylamine groups is 6. The summed E-state index contributed by atoms with van der Waals surface area (Å²) in [5, 5.41) is 11.1. The Balaban J connectivity index is 0.000000188. The quantitative estimate of drug-likeness (QED) is 0.155. The second-order valence-electron chi connectivity index (χ2n) is 19.4. The van der Waals surface area contributed by atoms with Crippen molar-refractivity contribution in [2.45, 2.75) is 190 Å². The number of hydrogen-bond acceptors (Lipinski definition) is 14. The molecule has 8 heterocycles. The molecule has 0 aliphatic carbocycles. The van der Waals surface area contributed by atoms with Gasteiger partial charge in [0, 0.05) is 37.3 Å². The van der Waals surface area contributed by atoms with Gasteiger partial charge < -0.3 is 29.1 Å². The highest BCUT2D eigenvalue weighted by atomic mass is 32.3. The van der Waals surface area contributed by atoms with Gasteiger partial charge in [-0.25, -0.2) is 35.2 Å². The fraction of sp³-hybridized carbons (Fsp3) is 0.842. The Kier molecular flexibility index (Phi) is 12.8. The van der Waals surface area contributed by atoms with Crippen molar-refractivity contribution in [2.75, 3.05) is 13.1 Å². The standard InChI is InChI=1S/C19H30N4O9S.C19H30N4O6/c1-19(2,3)30-18(26)22-11-4-5-12(22)9-14(8-11)31-20-16(24)15-7-6-13-10-21(15)17(25)23(13)32-33(27,28)29;1-19(2,3)28-18(26)22-11-4-5-12(22)9-14(8-11)29-20-16(24)15-7-6-13-10-21(15)17(25)23(13)27/h11-15H,4-10H2,1-3H3,(H,20,24)(H,27,28,29);11-15,27H,4-10H2,1-3H3,(H,20,24)/t2*11?,12?,13-,14?,15+/m11/s1. The molecule has 8 aliphatic heterocycles. The highest BCUT2D eigenvalue weighted by molar-refractivity contribution is 7.80. The molecule has 0 aromatic carbocycles. The Hall–Kier alpha value is -4.23. The van der Waals surface area contributed by atoms with Gasteiger partial charge in [-0.2, -0.15) is 13.5 Å². The van der Waals surface area contributed by atoms with E-state index in [4.69, 9.17) is 23.7 Å². The summed E-state index contributed by atoms with van der Waals surface area (Å²) in [6, 6.07) is -3.58. The molecule has 0 spiro atoms. The molecular weight excluding hydrogens is 841 g/mol. The summed E-state index contributed by atoms with van der Waals surface area (Å²) in [6.45, 7) is 11.5. The van der Waals surface area contributed by atoms with Crippen LogP contribution in [-0.4, -0.2) is 169 Å². The van der Waals surface area contributed by atoms with Gasteiger partial charge in [-0.05, 0) is 119 Å². The van der Waals surface area contributed by atoms with Crippen LogP contribution in [0.3, 0.4) is 0 Å². The number of nitrogens with zero attached hydrogens (tertiary/aromatic N) is 6. The van der Waals surface area contributed by atoms with E-state index in [2.05, 4.69) is 15.2 Å². The summed E-state index contributed by atoms with van der Waals surface area (Å²) < 4.78 is 46.3. The highest BCUT2D eigenvalue weighted by Crippen LogP contribution is 2.39. The molecule has 348 valence electrons. The average Bonchev–Trinajstić information content (AvgIpc) is 3.78. The molecule has 8 atom stereocenters. The van der Waals surface area contributed by atoms with E-state index >= 15 is 0 Å². The van der Waals surface area contributed by atoms with Crippen molar-refractivity contribution >= 4 is 46.5 Å². The third kappa shape index (κ3) is 10.1. The molecule has 0 aromatic rings. The lowest BCUT2D eigenvalue weighted by atomic mass is 10.00. The van der Waals surface area contributed by atoms with Crippen LogP contribution in [0.5, 0.6) is 0 Å². The Labute approximate surface area is 360 Å². The van der Waals surface area contributed by atoms with Crippen LogP contribution in [0.15, 0.2) is 0 Å². The van der Waals surface area contributed by atoms with Gasteiger partial charge in [0.2, 0.25) is 0 Å². The van der Waals surface area contributed by atoms with Crippen LogP contribution < -0.4 is 11.0 Å². The van der Waals surface area contributed by atoms with Gasteiger partial charge >= 0.3 is 34.6 Å². The largest absolute Gasteiger partial charge is 0.444 e. The smallest absolute Gasteiger partial charge is 0.418 e. The minimum absolute atomic E-state index is 0.0257. The predicted octanol–water partition coefficient (Wildman–Crippen LogP) is 2.59. The number of fused-ring (bicyclic) bond motifs is 8. The zero-order valence-electron chi connectivity index (χ0n) is 36.0. The van der Waals surface area contributed by atoms with Gasteiger partial charge in [0.05, 0.1) is 24.3 Å². The van der Waals surface area contributed by atoms with Crippen molar-refractivity contribution in [2.24, 2.45) is 0 Å². The van der Waals surface area contributed by atoms with Gasteiger partial charge in [0.25, 0.3) is 11.8 Å². The van der Waals surface area contributed by atoms with Gasteiger partial charge in [0.1, 0.15) is 23.3 Å². The van der Waals surface area contributed by atoms with Crippen LogP contribution in [-0.2, 0) is 43.4 Å². The lowest BCUT2D eigenvalue weighted by Gasteiger charge is -2.39. The van der Waals surface area contributed by atoms with Gasteiger partial charge in [-0.3, -0.25) is 29.0 Å². The highest BCUT2D eigenvalue weighted by Gasteiger charge is 2.51. The lowest BCUT2D eigenvalue weighted by molar-refractivity contribution is -0.148. The molecule has 0 saturated carbocycles. The number of carbonyl (C=O) groups is 6. The van der Waals surface area contributed by atoms with E-state index in [-0.39, 0.29) is 67.1 Å². The summed E-state index contributed by atoms with van der Waals surface area (Å²) in [5.41, 5.74) is 3.86. The molecular formula is C38H60N8O15S. The number of rotatable bonds is 8. The number of urea groups is 2. The number of ether oxygens (including phenoxy) is 2. The number of amides is 8. The van der Waals surface area contributed by atoms with Crippen molar-refractivity contribution in [3.8, 4) is 0 Å². The van der Waals surface area contributed by atoms with Crippen LogP contribution in [0.25, 0.3) is 0 Å². The summed E-state index contributed by atoms with van der Waals surface area (Å²) >= 11 is 0. The molecule has 23 nitrogen and oxygen atoms in total. The Morgan fingerprint density at radius 2 is 0.968 bits per heavy atom. The first-order chi connectivity index (χ1) is 29.0. The Bertz CT molecular complexity index is 1850. The Morgan fingerprint density at radius 1 is 0.597 bits per heavy atom. The van der Waals surface area contributed by atoms with Crippen LogP contribution in [0.2, 0.25) is 0 Å². The van der Waals surface area contributed by atoms with Crippen LogP contribution in [0.1, 0.15) is 119 Å². The van der Waals surface area contributed by atoms with Crippen molar-refractivity contribution in [3.05, 3.63) is 0 Å².